The smallest absolute Gasteiger partial charge is 0.156 e. The minimum absolute atomic E-state index is 0.105. The van der Waals surface area contributed by atoms with Gasteiger partial charge in [0.2, 0.25) is 0 Å². The van der Waals surface area contributed by atoms with Crippen LogP contribution in [0.5, 0.6) is 0 Å². The Morgan fingerprint density at radius 1 is 1.16 bits per heavy atom. The Kier molecular flexibility index (Phi) is 5.40. The summed E-state index contributed by atoms with van der Waals surface area (Å²) in [5, 5.41) is 6.82. The number of benzene rings is 1. The standard InChI is InChI=1S/C18H19ClFN5/c1-11(2)22-9-16(12-5-6-13(19)14(20)8-12)25-18-17-15(23-10-24-18)4-3-7-21-17/h3-8,10-11,16,22H,9H2,1-2H3,(H,23,24,25)/t16-/m1/s1. The van der Waals surface area contributed by atoms with Gasteiger partial charge >= 0.3 is 0 Å². The lowest BCUT2D eigenvalue weighted by Crippen LogP contribution is -2.31. The van der Waals surface area contributed by atoms with Crippen LogP contribution in [0, 0.1) is 5.82 Å². The molecule has 0 fully saturated rings. The predicted octanol–water partition coefficient (Wildman–Crippen LogP) is 3.97. The highest BCUT2D eigenvalue weighted by Crippen LogP contribution is 2.25. The average molecular weight is 360 g/mol. The third-order valence-electron chi connectivity index (χ3n) is 3.78. The van der Waals surface area contributed by atoms with Crippen LogP contribution in [0.25, 0.3) is 11.0 Å². The molecule has 0 radical (unpaired) electrons. The number of hydrogen-bond donors (Lipinski definition) is 2. The number of pyridine rings is 1. The molecule has 0 saturated heterocycles. The number of aromatic nitrogens is 3. The fourth-order valence-electron chi connectivity index (χ4n) is 2.50. The van der Waals surface area contributed by atoms with Crippen molar-refractivity contribution in [2.45, 2.75) is 25.9 Å². The minimum atomic E-state index is -0.443. The molecule has 1 aromatic carbocycles. The van der Waals surface area contributed by atoms with Crippen molar-refractivity contribution in [3.63, 3.8) is 0 Å². The number of hydrogen-bond acceptors (Lipinski definition) is 5. The Labute approximate surface area is 150 Å². The van der Waals surface area contributed by atoms with E-state index in [1.807, 2.05) is 18.2 Å². The highest BCUT2D eigenvalue weighted by atomic mass is 35.5. The van der Waals surface area contributed by atoms with E-state index in [9.17, 15) is 4.39 Å². The van der Waals surface area contributed by atoms with E-state index in [4.69, 9.17) is 11.6 Å². The first-order chi connectivity index (χ1) is 12.0. The van der Waals surface area contributed by atoms with Crippen LogP contribution in [0.1, 0.15) is 25.5 Å². The van der Waals surface area contributed by atoms with Crippen molar-refractivity contribution in [1.82, 2.24) is 20.3 Å². The second-order valence-electron chi connectivity index (χ2n) is 6.03. The van der Waals surface area contributed by atoms with Gasteiger partial charge in [-0.05, 0) is 29.8 Å². The predicted molar refractivity (Wildman–Crippen MR) is 98.2 cm³/mol. The van der Waals surface area contributed by atoms with Gasteiger partial charge < -0.3 is 10.6 Å². The van der Waals surface area contributed by atoms with Gasteiger partial charge in [0.25, 0.3) is 0 Å². The van der Waals surface area contributed by atoms with Gasteiger partial charge in [0.1, 0.15) is 17.7 Å². The van der Waals surface area contributed by atoms with Gasteiger partial charge in [-0.3, -0.25) is 4.98 Å². The highest BCUT2D eigenvalue weighted by molar-refractivity contribution is 6.30. The number of nitrogens with one attached hydrogen (secondary N) is 2. The van der Waals surface area contributed by atoms with E-state index >= 15 is 0 Å². The molecule has 2 heterocycles. The summed E-state index contributed by atoms with van der Waals surface area (Å²) in [7, 11) is 0. The number of nitrogens with zero attached hydrogens (tertiary/aromatic N) is 3. The van der Waals surface area contributed by atoms with Gasteiger partial charge in [-0.2, -0.15) is 0 Å². The molecule has 0 amide bonds. The van der Waals surface area contributed by atoms with Crippen LogP contribution in [0.4, 0.5) is 10.2 Å². The van der Waals surface area contributed by atoms with Gasteiger partial charge in [-0.25, -0.2) is 14.4 Å². The third-order valence-corrected chi connectivity index (χ3v) is 4.09. The molecule has 0 aliphatic carbocycles. The van der Waals surface area contributed by atoms with Crippen LogP contribution in [-0.4, -0.2) is 27.5 Å². The zero-order valence-corrected chi connectivity index (χ0v) is 14.8. The molecule has 3 aromatic rings. The quantitative estimate of drug-likeness (QED) is 0.697. The largest absolute Gasteiger partial charge is 0.360 e. The Balaban J connectivity index is 1.94. The maximum atomic E-state index is 13.9. The molecule has 130 valence electrons. The summed E-state index contributed by atoms with van der Waals surface area (Å²) in [5.41, 5.74) is 2.20. The van der Waals surface area contributed by atoms with E-state index in [-0.39, 0.29) is 11.1 Å². The lowest BCUT2D eigenvalue weighted by Gasteiger charge is -2.22. The van der Waals surface area contributed by atoms with Gasteiger partial charge in [-0.15, -0.1) is 0 Å². The molecule has 1 atom stereocenters. The highest BCUT2D eigenvalue weighted by Gasteiger charge is 2.16. The van der Waals surface area contributed by atoms with Gasteiger partial charge in [0.15, 0.2) is 5.82 Å². The summed E-state index contributed by atoms with van der Waals surface area (Å²) in [6, 6.07) is 8.60. The Morgan fingerprint density at radius 2 is 2.00 bits per heavy atom. The summed E-state index contributed by atoms with van der Waals surface area (Å²) in [6.07, 6.45) is 3.18. The Hall–Kier alpha value is -2.31. The first kappa shape index (κ1) is 17.5. The second-order valence-corrected chi connectivity index (χ2v) is 6.43. The molecule has 0 aliphatic rings. The van der Waals surface area contributed by atoms with E-state index < -0.39 is 5.82 Å². The number of anilines is 1. The summed E-state index contributed by atoms with van der Waals surface area (Å²) in [6.45, 7) is 4.71. The second kappa shape index (κ2) is 7.72. The van der Waals surface area contributed by atoms with E-state index in [1.165, 1.54) is 12.4 Å². The third kappa shape index (κ3) is 4.21. The van der Waals surface area contributed by atoms with Crippen LogP contribution in [-0.2, 0) is 0 Å². The normalized spacial score (nSPS) is 12.5. The summed E-state index contributed by atoms with van der Waals surface area (Å²) >= 11 is 5.81. The molecule has 0 aliphatic heterocycles. The molecule has 2 aromatic heterocycles. The maximum Gasteiger partial charge on any atom is 0.156 e. The molecule has 0 bridgehead atoms. The van der Waals surface area contributed by atoms with Crippen molar-refractivity contribution in [3.05, 3.63) is 59.3 Å². The van der Waals surface area contributed by atoms with E-state index in [1.54, 1.807) is 12.3 Å². The Morgan fingerprint density at radius 3 is 2.76 bits per heavy atom. The van der Waals surface area contributed by atoms with Crippen molar-refractivity contribution in [2.24, 2.45) is 0 Å². The van der Waals surface area contributed by atoms with Crippen LogP contribution in [0.3, 0.4) is 0 Å². The molecule has 3 rings (SSSR count). The molecule has 25 heavy (non-hydrogen) atoms. The average Bonchev–Trinajstić information content (AvgIpc) is 2.61. The molecule has 0 unspecified atom stereocenters. The van der Waals surface area contributed by atoms with Crippen LogP contribution in [0.2, 0.25) is 5.02 Å². The van der Waals surface area contributed by atoms with Crippen LogP contribution < -0.4 is 10.6 Å². The minimum Gasteiger partial charge on any atom is -0.360 e. The lowest BCUT2D eigenvalue weighted by atomic mass is 10.1. The molecule has 0 spiro atoms. The van der Waals surface area contributed by atoms with Gasteiger partial charge in [0.05, 0.1) is 16.6 Å². The molecule has 7 heteroatoms. The summed E-state index contributed by atoms with van der Waals surface area (Å²) in [4.78, 5) is 12.9. The number of halogens is 2. The van der Waals surface area contributed by atoms with Crippen LogP contribution in [0.15, 0.2) is 42.9 Å². The zero-order valence-electron chi connectivity index (χ0n) is 14.0. The van der Waals surface area contributed by atoms with Gasteiger partial charge in [0, 0.05) is 18.8 Å². The topological polar surface area (TPSA) is 62.7 Å². The molecule has 2 N–H and O–H groups in total. The first-order valence-electron chi connectivity index (χ1n) is 8.05. The van der Waals surface area contributed by atoms with Crippen molar-refractivity contribution < 1.29 is 4.39 Å². The molecular formula is C18H19ClFN5. The van der Waals surface area contributed by atoms with Crippen LogP contribution >= 0.6 is 11.6 Å². The number of rotatable bonds is 6. The van der Waals surface area contributed by atoms with Crippen molar-refractivity contribution >= 4 is 28.5 Å². The van der Waals surface area contributed by atoms with Crippen molar-refractivity contribution in [3.8, 4) is 0 Å². The zero-order chi connectivity index (χ0) is 17.8. The van der Waals surface area contributed by atoms with E-state index in [0.717, 1.165) is 11.1 Å². The van der Waals surface area contributed by atoms with Crippen molar-refractivity contribution in [2.75, 3.05) is 11.9 Å². The summed E-state index contributed by atoms with van der Waals surface area (Å²) < 4.78 is 13.9. The van der Waals surface area contributed by atoms with Crippen molar-refractivity contribution in [1.29, 1.82) is 0 Å². The SMILES string of the molecule is CC(C)NC[C@@H](Nc1ncnc2cccnc12)c1ccc(Cl)c(F)c1. The first-order valence-corrected chi connectivity index (χ1v) is 8.43. The maximum absolute atomic E-state index is 13.9. The molecule has 0 saturated carbocycles. The molecular weight excluding hydrogens is 341 g/mol. The van der Waals surface area contributed by atoms with Gasteiger partial charge in [-0.1, -0.05) is 31.5 Å². The Bertz CT molecular complexity index is 866. The summed E-state index contributed by atoms with van der Waals surface area (Å²) in [5.74, 6) is 0.165. The number of fused-ring (bicyclic) bond motifs is 1. The fraction of sp³-hybridized carbons (Fsp3) is 0.278. The molecule has 5 nitrogen and oxygen atoms in total. The lowest BCUT2D eigenvalue weighted by molar-refractivity contribution is 0.550. The van der Waals surface area contributed by atoms with E-state index in [2.05, 4.69) is 39.4 Å². The van der Waals surface area contributed by atoms with E-state index in [0.29, 0.717) is 23.9 Å². The fourth-order valence-corrected chi connectivity index (χ4v) is 2.62. The monoisotopic (exact) mass is 359 g/mol.